The first-order valence-electron chi connectivity index (χ1n) is 8.77. The van der Waals surface area contributed by atoms with Gasteiger partial charge in [-0.2, -0.15) is 5.26 Å². The summed E-state index contributed by atoms with van der Waals surface area (Å²) in [6, 6.07) is 18.5. The monoisotopic (exact) mass is 503 g/mol. The number of para-hydroxylation sites is 1. The lowest BCUT2D eigenvalue weighted by Gasteiger charge is -2.13. The van der Waals surface area contributed by atoms with Crippen LogP contribution >= 0.6 is 31.9 Å². The van der Waals surface area contributed by atoms with Gasteiger partial charge in [0.25, 0.3) is 0 Å². The summed E-state index contributed by atoms with van der Waals surface area (Å²) in [5.74, 6) is 0.637. The predicted molar refractivity (Wildman–Crippen MR) is 114 cm³/mol. The van der Waals surface area contributed by atoms with Crippen LogP contribution in [0.5, 0.6) is 11.5 Å². The maximum Gasteiger partial charge on any atom is 0.311 e. The third-order valence-corrected chi connectivity index (χ3v) is 6.80. The molecule has 1 saturated carbocycles. The van der Waals surface area contributed by atoms with E-state index in [4.69, 9.17) is 9.47 Å². The first-order chi connectivity index (χ1) is 13.4. The van der Waals surface area contributed by atoms with Gasteiger partial charge in [-0.15, -0.1) is 0 Å². The lowest BCUT2D eigenvalue weighted by Crippen LogP contribution is -2.14. The first kappa shape index (κ1) is 20.6. The third-order valence-electron chi connectivity index (χ3n) is 4.97. The van der Waals surface area contributed by atoms with Crippen LogP contribution in [0, 0.1) is 28.6 Å². The Labute approximate surface area is 181 Å². The number of halogens is 2. The van der Waals surface area contributed by atoms with E-state index in [0.717, 1.165) is 4.48 Å². The van der Waals surface area contributed by atoms with Crippen molar-refractivity contribution >= 4 is 37.8 Å². The molecule has 0 spiro atoms. The average Bonchev–Trinajstić information content (AvgIpc) is 3.28. The van der Waals surface area contributed by atoms with Gasteiger partial charge >= 0.3 is 5.97 Å². The number of nitrogens with zero attached hydrogens (tertiary/aromatic N) is 1. The van der Waals surface area contributed by atoms with Crippen molar-refractivity contribution in [2.45, 2.75) is 20.0 Å². The number of ether oxygens (including phenoxy) is 2. The molecule has 2 aromatic carbocycles. The molecule has 3 unspecified atom stereocenters. The van der Waals surface area contributed by atoms with E-state index in [2.05, 4.69) is 37.9 Å². The minimum Gasteiger partial charge on any atom is -0.457 e. The number of rotatable bonds is 6. The Morgan fingerprint density at radius 2 is 1.82 bits per heavy atom. The average molecular weight is 505 g/mol. The molecule has 3 rings (SSSR count). The third kappa shape index (κ3) is 4.31. The fourth-order valence-electron chi connectivity index (χ4n) is 3.38. The molecular weight excluding hydrogens is 486 g/mol. The number of allylic oxidation sites excluding steroid dienone is 1. The van der Waals surface area contributed by atoms with Crippen LogP contribution in [0.1, 0.15) is 25.5 Å². The van der Waals surface area contributed by atoms with E-state index in [1.54, 1.807) is 29.3 Å². The van der Waals surface area contributed by atoms with Gasteiger partial charge in [0.2, 0.25) is 6.10 Å². The molecule has 0 heterocycles. The molecule has 0 aromatic heterocycles. The van der Waals surface area contributed by atoms with Crippen LogP contribution in [0.2, 0.25) is 0 Å². The highest BCUT2D eigenvalue weighted by atomic mass is 79.9. The molecule has 3 atom stereocenters. The molecule has 0 bridgehead atoms. The normalized spacial score (nSPS) is 21.3. The number of hydrogen-bond acceptors (Lipinski definition) is 4. The SMILES string of the molecule is CC1(C)C(C(=O)OC(C#N)c2cccc(Oc3ccccc3)c2)C1C(Br)=CBr. The summed E-state index contributed by atoms with van der Waals surface area (Å²) in [7, 11) is 0. The second-order valence-electron chi connectivity index (χ2n) is 7.20. The Kier molecular flexibility index (Phi) is 6.26. The summed E-state index contributed by atoms with van der Waals surface area (Å²) in [5.41, 5.74) is 0.354. The van der Waals surface area contributed by atoms with Crippen molar-refractivity contribution in [1.29, 1.82) is 5.26 Å². The molecule has 1 fully saturated rings. The number of nitriles is 1. The van der Waals surface area contributed by atoms with Gasteiger partial charge in [0.15, 0.2) is 0 Å². The molecule has 6 heteroatoms. The van der Waals surface area contributed by atoms with E-state index in [1.165, 1.54) is 0 Å². The summed E-state index contributed by atoms with van der Waals surface area (Å²) in [6.45, 7) is 4.02. The molecule has 2 aromatic rings. The maximum atomic E-state index is 12.7. The molecule has 0 amide bonds. The van der Waals surface area contributed by atoms with Gasteiger partial charge in [0, 0.05) is 16.0 Å². The summed E-state index contributed by atoms with van der Waals surface area (Å²) >= 11 is 6.77. The summed E-state index contributed by atoms with van der Waals surface area (Å²) in [4.78, 5) is 14.5. The Morgan fingerprint density at radius 1 is 1.14 bits per heavy atom. The Hall–Kier alpha value is -2.10. The van der Waals surface area contributed by atoms with Crippen LogP contribution in [0.25, 0.3) is 0 Å². The highest BCUT2D eigenvalue weighted by Gasteiger charge is 2.64. The van der Waals surface area contributed by atoms with E-state index in [-0.39, 0.29) is 23.2 Å². The van der Waals surface area contributed by atoms with Crippen LogP contribution in [0.4, 0.5) is 0 Å². The van der Waals surface area contributed by atoms with Crippen molar-refractivity contribution in [3.63, 3.8) is 0 Å². The lowest BCUT2D eigenvalue weighted by atomic mass is 10.1. The first-order valence-corrected chi connectivity index (χ1v) is 10.5. The molecule has 0 N–H and O–H groups in total. The van der Waals surface area contributed by atoms with E-state index in [1.807, 2.05) is 44.2 Å². The van der Waals surface area contributed by atoms with Crippen molar-refractivity contribution in [2.24, 2.45) is 17.3 Å². The predicted octanol–water partition coefficient (Wildman–Crippen LogP) is 6.49. The van der Waals surface area contributed by atoms with Crippen LogP contribution in [0.15, 0.2) is 64.1 Å². The Morgan fingerprint density at radius 3 is 2.46 bits per heavy atom. The van der Waals surface area contributed by atoms with Crippen LogP contribution in [-0.4, -0.2) is 5.97 Å². The van der Waals surface area contributed by atoms with E-state index >= 15 is 0 Å². The molecule has 4 nitrogen and oxygen atoms in total. The number of benzene rings is 2. The molecule has 1 aliphatic carbocycles. The van der Waals surface area contributed by atoms with Gasteiger partial charge < -0.3 is 9.47 Å². The minimum atomic E-state index is -0.990. The van der Waals surface area contributed by atoms with Crippen molar-refractivity contribution in [3.05, 3.63) is 69.6 Å². The number of esters is 1. The fraction of sp³-hybridized carbons (Fsp3) is 0.273. The fourth-order valence-corrected chi connectivity index (χ4v) is 4.52. The van der Waals surface area contributed by atoms with Gasteiger partial charge in [-0.05, 0) is 34.7 Å². The van der Waals surface area contributed by atoms with Crippen molar-refractivity contribution < 1.29 is 14.3 Å². The van der Waals surface area contributed by atoms with E-state index in [9.17, 15) is 10.1 Å². The van der Waals surface area contributed by atoms with E-state index < -0.39 is 6.10 Å². The molecule has 0 radical (unpaired) electrons. The Bertz CT molecular complexity index is 934. The molecular formula is C22H19Br2NO3. The van der Waals surface area contributed by atoms with Crippen LogP contribution in [0.3, 0.4) is 0 Å². The number of hydrogen-bond donors (Lipinski definition) is 0. The van der Waals surface area contributed by atoms with Crippen molar-refractivity contribution in [1.82, 2.24) is 0 Å². The second kappa shape index (κ2) is 8.50. The van der Waals surface area contributed by atoms with Crippen LogP contribution < -0.4 is 4.74 Å². The largest absolute Gasteiger partial charge is 0.457 e. The smallest absolute Gasteiger partial charge is 0.311 e. The zero-order valence-electron chi connectivity index (χ0n) is 15.4. The second-order valence-corrected chi connectivity index (χ2v) is 8.58. The van der Waals surface area contributed by atoms with Crippen LogP contribution in [-0.2, 0) is 9.53 Å². The number of carbonyl (C=O) groups excluding carboxylic acids is 1. The highest BCUT2D eigenvalue weighted by molar-refractivity contribution is 9.14. The molecule has 0 saturated heterocycles. The van der Waals surface area contributed by atoms with E-state index in [0.29, 0.717) is 17.1 Å². The summed E-state index contributed by atoms with van der Waals surface area (Å²) in [5, 5.41) is 9.57. The zero-order chi connectivity index (χ0) is 20.3. The van der Waals surface area contributed by atoms with Crippen molar-refractivity contribution in [2.75, 3.05) is 0 Å². The Balaban J connectivity index is 1.73. The van der Waals surface area contributed by atoms with Gasteiger partial charge in [-0.1, -0.05) is 76.0 Å². The molecule has 144 valence electrons. The maximum absolute atomic E-state index is 12.7. The van der Waals surface area contributed by atoms with Crippen molar-refractivity contribution in [3.8, 4) is 17.6 Å². The van der Waals surface area contributed by atoms with Gasteiger partial charge in [0.1, 0.15) is 17.6 Å². The lowest BCUT2D eigenvalue weighted by molar-refractivity contribution is -0.149. The molecule has 28 heavy (non-hydrogen) atoms. The quantitative estimate of drug-likeness (QED) is 0.422. The van der Waals surface area contributed by atoms with Gasteiger partial charge in [-0.25, -0.2) is 0 Å². The number of carbonyl (C=O) groups is 1. The highest BCUT2D eigenvalue weighted by Crippen LogP contribution is 2.63. The molecule has 1 aliphatic rings. The summed E-state index contributed by atoms with van der Waals surface area (Å²) in [6.07, 6.45) is -0.990. The summed E-state index contributed by atoms with van der Waals surface area (Å²) < 4.78 is 12.3. The standard InChI is InChI=1S/C22H19Br2NO3/c1-22(2)19(17(24)12-23)20(22)21(26)28-18(13-25)14-7-6-10-16(11-14)27-15-8-4-3-5-9-15/h3-12,18-20H,1-2H3. The molecule has 0 aliphatic heterocycles. The minimum absolute atomic E-state index is 0.0338. The topological polar surface area (TPSA) is 59.3 Å². The zero-order valence-corrected chi connectivity index (χ0v) is 18.6. The van der Waals surface area contributed by atoms with Gasteiger partial charge in [-0.3, -0.25) is 4.79 Å². The van der Waals surface area contributed by atoms with Gasteiger partial charge in [0.05, 0.1) is 5.92 Å².